The van der Waals surface area contributed by atoms with Crippen LogP contribution in [0.1, 0.15) is 41.4 Å². The van der Waals surface area contributed by atoms with Gasteiger partial charge in [-0.25, -0.2) is 0 Å². The summed E-state index contributed by atoms with van der Waals surface area (Å²) in [6.45, 7) is 5.41. The number of aryl methyl sites for hydroxylation is 2. The fraction of sp³-hybridized carbons (Fsp3) is 0.360. The summed E-state index contributed by atoms with van der Waals surface area (Å²) in [5.41, 5.74) is 4.12. The lowest BCUT2D eigenvalue weighted by atomic mass is 10.1. The van der Waals surface area contributed by atoms with E-state index in [2.05, 4.69) is 5.32 Å². The maximum atomic E-state index is 13.4. The van der Waals surface area contributed by atoms with Crippen molar-refractivity contribution in [3.8, 4) is 11.5 Å². The number of anilines is 1. The van der Waals surface area contributed by atoms with Crippen LogP contribution in [0.25, 0.3) is 10.9 Å². The number of nitrogens with one attached hydrogen (secondary N) is 1. The SMILES string of the molecule is CCOc1cc(CNC(=O)c2c(N3CCCC3=O)c3cc(C)ccc3n2C)ccc1OC. The lowest BCUT2D eigenvalue weighted by Crippen LogP contribution is -2.30. The topological polar surface area (TPSA) is 72.8 Å². The number of nitrogens with zero attached hydrogens (tertiary/aromatic N) is 2. The van der Waals surface area contributed by atoms with Crippen molar-refractivity contribution in [1.29, 1.82) is 0 Å². The Morgan fingerprint density at radius 3 is 2.66 bits per heavy atom. The average molecular weight is 436 g/mol. The molecule has 4 rings (SSSR count). The van der Waals surface area contributed by atoms with Gasteiger partial charge in [0, 0.05) is 31.9 Å². The van der Waals surface area contributed by atoms with Crippen molar-refractivity contribution in [3.05, 3.63) is 53.2 Å². The van der Waals surface area contributed by atoms with Crippen molar-refractivity contribution in [2.24, 2.45) is 7.05 Å². The molecule has 1 aliphatic rings. The number of aromatic nitrogens is 1. The molecule has 0 aliphatic carbocycles. The summed E-state index contributed by atoms with van der Waals surface area (Å²) < 4.78 is 12.9. The molecular formula is C25H29N3O4. The standard InChI is InChI=1S/C25H29N3O4/c1-5-32-21-14-17(9-11-20(21)31-4)15-26-25(30)24-23(28-12-6-7-22(28)29)18-13-16(2)8-10-19(18)27(24)3/h8-11,13-14H,5-7,12,15H2,1-4H3,(H,26,30). The fourth-order valence-electron chi connectivity index (χ4n) is 4.32. The Kier molecular flexibility index (Phi) is 6.08. The highest BCUT2D eigenvalue weighted by atomic mass is 16.5. The molecule has 2 aromatic carbocycles. The molecule has 7 heteroatoms. The minimum Gasteiger partial charge on any atom is -0.493 e. The first-order chi connectivity index (χ1) is 15.4. The predicted molar refractivity (Wildman–Crippen MR) is 125 cm³/mol. The van der Waals surface area contributed by atoms with E-state index in [9.17, 15) is 9.59 Å². The molecule has 0 unspecified atom stereocenters. The normalized spacial score (nSPS) is 13.6. The van der Waals surface area contributed by atoms with Gasteiger partial charge in [-0.15, -0.1) is 0 Å². The molecule has 1 fully saturated rings. The van der Waals surface area contributed by atoms with Crippen molar-refractivity contribution < 1.29 is 19.1 Å². The maximum absolute atomic E-state index is 13.4. The van der Waals surface area contributed by atoms with Crippen LogP contribution in [0, 0.1) is 6.92 Å². The molecule has 1 aliphatic heterocycles. The number of methoxy groups -OCH3 is 1. The van der Waals surface area contributed by atoms with Gasteiger partial charge in [-0.05, 0) is 50.1 Å². The van der Waals surface area contributed by atoms with Gasteiger partial charge < -0.3 is 24.3 Å². The molecule has 2 amide bonds. The van der Waals surface area contributed by atoms with E-state index in [1.807, 2.05) is 61.9 Å². The number of carbonyl (C=O) groups excluding carboxylic acids is 2. The van der Waals surface area contributed by atoms with E-state index >= 15 is 0 Å². The molecule has 1 saturated heterocycles. The Morgan fingerprint density at radius 2 is 1.97 bits per heavy atom. The van der Waals surface area contributed by atoms with Crippen LogP contribution in [0.2, 0.25) is 0 Å². The van der Waals surface area contributed by atoms with Gasteiger partial charge in [-0.2, -0.15) is 0 Å². The van der Waals surface area contributed by atoms with Crippen LogP contribution < -0.4 is 19.7 Å². The van der Waals surface area contributed by atoms with Crippen LogP contribution in [0.5, 0.6) is 11.5 Å². The van der Waals surface area contributed by atoms with Crippen molar-refractivity contribution in [2.75, 3.05) is 25.2 Å². The van der Waals surface area contributed by atoms with E-state index in [1.165, 1.54) is 0 Å². The van der Waals surface area contributed by atoms with Gasteiger partial charge in [-0.3, -0.25) is 9.59 Å². The minimum absolute atomic E-state index is 0.0598. The molecule has 1 N–H and O–H groups in total. The predicted octanol–water partition coefficient (Wildman–Crippen LogP) is 3.95. The van der Waals surface area contributed by atoms with Gasteiger partial charge in [0.2, 0.25) is 5.91 Å². The second kappa shape index (κ2) is 8.94. The third kappa shape index (κ3) is 3.90. The number of amides is 2. The third-order valence-corrected chi connectivity index (χ3v) is 5.87. The first-order valence-electron chi connectivity index (χ1n) is 10.9. The lowest BCUT2D eigenvalue weighted by molar-refractivity contribution is -0.117. The fourth-order valence-corrected chi connectivity index (χ4v) is 4.32. The third-order valence-electron chi connectivity index (χ3n) is 5.87. The van der Waals surface area contributed by atoms with E-state index in [4.69, 9.17) is 9.47 Å². The number of fused-ring (bicyclic) bond motifs is 1. The molecule has 0 atom stereocenters. The summed E-state index contributed by atoms with van der Waals surface area (Å²) in [4.78, 5) is 27.7. The molecule has 0 radical (unpaired) electrons. The largest absolute Gasteiger partial charge is 0.493 e. The van der Waals surface area contributed by atoms with E-state index in [0.717, 1.165) is 28.5 Å². The van der Waals surface area contributed by atoms with Crippen LogP contribution in [0.4, 0.5) is 5.69 Å². The van der Waals surface area contributed by atoms with Gasteiger partial charge in [-0.1, -0.05) is 17.7 Å². The Labute approximate surface area is 187 Å². The zero-order valence-electron chi connectivity index (χ0n) is 19.0. The van der Waals surface area contributed by atoms with Crippen LogP contribution in [0.3, 0.4) is 0 Å². The number of carbonyl (C=O) groups is 2. The van der Waals surface area contributed by atoms with Crippen molar-refractivity contribution in [1.82, 2.24) is 9.88 Å². The Balaban J connectivity index is 1.67. The molecule has 0 saturated carbocycles. The first-order valence-corrected chi connectivity index (χ1v) is 10.9. The van der Waals surface area contributed by atoms with Crippen LogP contribution in [0.15, 0.2) is 36.4 Å². The smallest absolute Gasteiger partial charge is 0.270 e. The summed E-state index contributed by atoms with van der Waals surface area (Å²) in [5.74, 6) is 1.14. The monoisotopic (exact) mass is 435 g/mol. The van der Waals surface area contributed by atoms with Gasteiger partial charge >= 0.3 is 0 Å². The number of hydrogen-bond donors (Lipinski definition) is 1. The second-order valence-electron chi connectivity index (χ2n) is 8.03. The highest BCUT2D eigenvalue weighted by molar-refractivity contribution is 6.14. The van der Waals surface area contributed by atoms with E-state index in [1.54, 1.807) is 12.0 Å². The number of benzene rings is 2. The van der Waals surface area contributed by atoms with Crippen molar-refractivity contribution >= 4 is 28.4 Å². The highest BCUT2D eigenvalue weighted by Crippen LogP contribution is 2.36. The summed E-state index contributed by atoms with van der Waals surface area (Å²) in [5, 5.41) is 3.95. The molecule has 2 heterocycles. The second-order valence-corrected chi connectivity index (χ2v) is 8.03. The number of ether oxygens (including phenoxy) is 2. The van der Waals surface area contributed by atoms with Gasteiger partial charge in [0.15, 0.2) is 11.5 Å². The molecule has 0 bridgehead atoms. The Bertz CT molecular complexity index is 1180. The van der Waals surface area contributed by atoms with Crippen LogP contribution >= 0.6 is 0 Å². The summed E-state index contributed by atoms with van der Waals surface area (Å²) in [7, 11) is 3.47. The zero-order valence-corrected chi connectivity index (χ0v) is 19.0. The minimum atomic E-state index is -0.218. The maximum Gasteiger partial charge on any atom is 0.270 e. The lowest BCUT2D eigenvalue weighted by Gasteiger charge is -2.18. The van der Waals surface area contributed by atoms with E-state index in [0.29, 0.717) is 49.0 Å². The van der Waals surface area contributed by atoms with Crippen molar-refractivity contribution in [3.63, 3.8) is 0 Å². The Morgan fingerprint density at radius 1 is 1.16 bits per heavy atom. The highest BCUT2D eigenvalue weighted by Gasteiger charge is 2.31. The van der Waals surface area contributed by atoms with Gasteiger partial charge in [0.1, 0.15) is 5.69 Å². The van der Waals surface area contributed by atoms with E-state index in [-0.39, 0.29) is 11.8 Å². The summed E-state index contributed by atoms with van der Waals surface area (Å²) in [6.07, 6.45) is 1.31. The molecular weight excluding hydrogens is 406 g/mol. The molecule has 0 spiro atoms. The molecule has 32 heavy (non-hydrogen) atoms. The van der Waals surface area contributed by atoms with Crippen LogP contribution in [-0.4, -0.2) is 36.6 Å². The summed E-state index contributed by atoms with van der Waals surface area (Å²) in [6, 6.07) is 11.7. The quantitative estimate of drug-likeness (QED) is 0.610. The first kappa shape index (κ1) is 21.7. The zero-order chi connectivity index (χ0) is 22.8. The number of hydrogen-bond acceptors (Lipinski definition) is 4. The van der Waals surface area contributed by atoms with Crippen molar-refractivity contribution in [2.45, 2.75) is 33.2 Å². The average Bonchev–Trinajstić information content (AvgIpc) is 3.32. The molecule has 3 aromatic rings. The molecule has 7 nitrogen and oxygen atoms in total. The van der Waals surface area contributed by atoms with Gasteiger partial charge in [0.05, 0.1) is 24.9 Å². The molecule has 1 aromatic heterocycles. The number of rotatable bonds is 7. The Hall–Kier alpha value is -3.48. The molecule has 168 valence electrons. The van der Waals surface area contributed by atoms with Crippen LogP contribution in [-0.2, 0) is 18.4 Å². The summed E-state index contributed by atoms with van der Waals surface area (Å²) >= 11 is 0. The van der Waals surface area contributed by atoms with Gasteiger partial charge in [0.25, 0.3) is 5.91 Å². The van der Waals surface area contributed by atoms with E-state index < -0.39 is 0 Å².